The third-order valence-corrected chi connectivity index (χ3v) is 3.40. The van der Waals surface area contributed by atoms with Gasteiger partial charge in [0.05, 0.1) is 23.6 Å². The molecule has 2 N–H and O–H groups in total. The van der Waals surface area contributed by atoms with Crippen LogP contribution in [0.2, 0.25) is 0 Å². The maximum absolute atomic E-state index is 11.9. The molecule has 120 valence electrons. The van der Waals surface area contributed by atoms with Gasteiger partial charge in [-0.15, -0.1) is 0 Å². The van der Waals surface area contributed by atoms with Crippen LogP contribution in [0, 0.1) is 12.0 Å². The van der Waals surface area contributed by atoms with Gasteiger partial charge in [0.2, 0.25) is 0 Å². The number of anilines is 1. The number of fused-ring (bicyclic) bond motifs is 1. The Kier molecular flexibility index (Phi) is 4.03. The molecule has 0 unspecified atom stereocenters. The highest BCUT2D eigenvalue weighted by Crippen LogP contribution is 2.28. The van der Waals surface area contributed by atoms with Gasteiger partial charge in [0.15, 0.2) is 0 Å². The number of hydrogen-bond donors (Lipinski definition) is 1. The van der Waals surface area contributed by atoms with Crippen molar-refractivity contribution in [2.24, 2.45) is 7.05 Å². The molecule has 7 nitrogen and oxygen atoms in total. The SMILES string of the molecule is COc1cc(N)c2c(C#COC(=O)c3ccncc3)n(C)nc2c1. The first-order valence-electron chi connectivity index (χ1n) is 7.02. The average molecular weight is 322 g/mol. The van der Waals surface area contributed by atoms with E-state index in [2.05, 4.69) is 22.1 Å². The van der Waals surface area contributed by atoms with Crippen LogP contribution in [0.25, 0.3) is 10.9 Å². The molecule has 0 atom stereocenters. The Hall–Kier alpha value is -3.53. The summed E-state index contributed by atoms with van der Waals surface area (Å²) in [6.45, 7) is 0. The van der Waals surface area contributed by atoms with Crippen molar-refractivity contribution in [1.29, 1.82) is 0 Å². The minimum absolute atomic E-state index is 0.374. The van der Waals surface area contributed by atoms with E-state index in [1.165, 1.54) is 12.4 Å². The lowest BCUT2D eigenvalue weighted by atomic mass is 10.1. The maximum Gasteiger partial charge on any atom is 0.352 e. The van der Waals surface area contributed by atoms with E-state index in [-0.39, 0.29) is 0 Å². The number of esters is 1. The second-order valence-electron chi connectivity index (χ2n) is 4.94. The molecule has 7 heteroatoms. The van der Waals surface area contributed by atoms with Crippen LogP contribution >= 0.6 is 0 Å². The summed E-state index contributed by atoms with van der Waals surface area (Å²) in [5, 5.41) is 5.03. The molecule has 0 saturated heterocycles. The fraction of sp³-hybridized carbons (Fsp3) is 0.118. The van der Waals surface area contributed by atoms with Crippen LogP contribution in [0.3, 0.4) is 0 Å². The van der Waals surface area contributed by atoms with Crippen LogP contribution in [0.1, 0.15) is 16.1 Å². The number of carbonyl (C=O) groups excluding carboxylic acids is 1. The van der Waals surface area contributed by atoms with E-state index in [4.69, 9.17) is 15.2 Å². The number of nitrogens with two attached hydrogens (primary N) is 1. The fourth-order valence-corrected chi connectivity index (χ4v) is 2.26. The van der Waals surface area contributed by atoms with Crippen molar-refractivity contribution < 1.29 is 14.3 Å². The molecule has 0 aliphatic heterocycles. The van der Waals surface area contributed by atoms with Crippen LogP contribution < -0.4 is 10.5 Å². The lowest BCUT2D eigenvalue weighted by Crippen LogP contribution is -2.01. The number of benzene rings is 1. The molecular formula is C17H14N4O3. The molecule has 24 heavy (non-hydrogen) atoms. The average Bonchev–Trinajstić information content (AvgIpc) is 2.91. The molecule has 3 aromatic rings. The third-order valence-electron chi connectivity index (χ3n) is 3.40. The van der Waals surface area contributed by atoms with Crippen molar-refractivity contribution in [1.82, 2.24) is 14.8 Å². The van der Waals surface area contributed by atoms with Gasteiger partial charge in [0.25, 0.3) is 0 Å². The molecule has 3 rings (SSSR count). The summed E-state index contributed by atoms with van der Waals surface area (Å²) >= 11 is 0. The van der Waals surface area contributed by atoms with Gasteiger partial charge in [-0.1, -0.05) is 0 Å². The van der Waals surface area contributed by atoms with Crippen LogP contribution in [-0.2, 0) is 11.8 Å². The Morgan fingerprint density at radius 3 is 2.75 bits per heavy atom. The van der Waals surface area contributed by atoms with Crippen LogP contribution in [0.15, 0.2) is 36.7 Å². The highest BCUT2D eigenvalue weighted by atomic mass is 16.5. The van der Waals surface area contributed by atoms with E-state index in [1.54, 1.807) is 43.1 Å². The summed E-state index contributed by atoms with van der Waals surface area (Å²) in [7, 11) is 3.30. The van der Waals surface area contributed by atoms with Crippen molar-refractivity contribution in [3.8, 4) is 17.8 Å². The first-order chi connectivity index (χ1) is 11.6. The molecule has 0 saturated carbocycles. The van der Waals surface area contributed by atoms with Gasteiger partial charge in [-0.2, -0.15) is 5.10 Å². The first-order valence-corrected chi connectivity index (χ1v) is 7.02. The second kappa shape index (κ2) is 6.30. The van der Waals surface area contributed by atoms with Gasteiger partial charge in [0, 0.05) is 37.3 Å². The molecule has 0 amide bonds. The number of carbonyl (C=O) groups is 1. The zero-order valence-electron chi connectivity index (χ0n) is 13.1. The quantitative estimate of drug-likeness (QED) is 0.439. The van der Waals surface area contributed by atoms with E-state index in [1.807, 2.05) is 0 Å². The number of pyridine rings is 1. The largest absolute Gasteiger partial charge is 0.497 e. The second-order valence-corrected chi connectivity index (χ2v) is 4.94. The Labute approximate surface area is 138 Å². The monoisotopic (exact) mass is 322 g/mol. The first kappa shape index (κ1) is 15.4. The summed E-state index contributed by atoms with van der Waals surface area (Å²) < 4.78 is 11.7. The molecule has 0 bridgehead atoms. The molecule has 2 aromatic heterocycles. The Bertz CT molecular complexity index is 968. The molecule has 0 aliphatic carbocycles. The van der Waals surface area contributed by atoms with Crippen molar-refractivity contribution in [3.05, 3.63) is 47.9 Å². The standard InChI is InChI=1S/C17H14N4O3/c1-21-15(5-8-24-17(22)11-3-6-19-7-4-11)16-13(18)9-12(23-2)10-14(16)20-21/h3-4,6-7,9-10H,18H2,1-2H3. The Balaban J connectivity index is 1.91. The summed E-state index contributed by atoms with van der Waals surface area (Å²) in [4.78, 5) is 15.7. The van der Waals surface area contributed by atoms with Gasteiger partial charge in [-0.3, -0.25) is 9.67 Å². The zero-order valence-corrected chi connectivity index (χ0v) is 13.1. The number of aromatic nitrogens is 3. The number of aryl methyl sites for hydroxylation is 1. The lowest BCUT2D eigenvalue weighted by Gasteiger charge is -2.01. The molecular weight excluding hydrogens is 308 g/mol. The number of nitrogens with zero attached hydrogens (tertiary/aromatic N) is 3. The normalized spacial score (nSPS) is 10.1. The minimum atomic E-state index is -0.550. The van der Waals surface area contributed by atoms with Gasteiger partial charge in [-0.25, -0.2) is 4.79 Å². The van der Waals surface area contributed by atoms with E-state index in [9.17, 15) is 4.79 Å². The van der Waals surface area contributed by atoms with Crippen LogP contribution in [0.5, 0.6) is 5.75 Å². The lowest BCUT2D eigenvalue weighted by molar-refractivity contribution is 0.0690. The van der Waals surface area contributed by atoms with Crippen molar-refractivity contribution in [2.75, 3.05) is 12.8 Å². The smallest absolute Gasteiger partial charge is 0.352 e. The van der Waals surface area contributed by atoms with E-state index in [0.717, 1.165) is 0 Å². The number of nitrogen functional groups attached to an aromatic ring is 1. The topological polar surface area (TPSA) is 92.3 Å². The molecule has 2 heterocycles. The molecule has 1 aromatic carbocycles. The summed E-state index contributed by atoms with van der Waals surface area (Å²) in [6.07, 6.45) is 5.42. The maximum atomic E-state index is 11.9. The summed E-state index contributed by atoms with van der Waals surface area (Å²) in [5.41, 5.74) is 8.12. The predicted octanol–water partition coefficient (Wildman–Crippen LogP) is 1.73. The van der Waals surface area contributed by atoms with Crippen molar-refractivity contribution in [2.45, 2.75) is 0 Å². The minimum Gasteiger partial charge on any atom is -0.497 e. The number of methoxy groups -OCH3 is 1. The zero-order chi connectivity index (χ0) is 17.1. The number of rotatable bonds is 2. The van der Waals surface area contributed by atoms with Gasteiger partial charge < -0.3 is 15.2 Å². The number of ether oxygens (including phenoxy) is 2. The van der Waals surface area contributed by atoms with Crippen LogP contribution in [-0.4, -0.2) is 27.8 Å². The Morgan fingerprint density at radius 1 is 1.29 bits per heavy atom. The number of hydrogen-bond acceptors (Lipinski definition) is 6. The highest BCUT2D eigenvalue weighted by molar-refractivity contribution is 5.96. The molecule has 0 radical (unpaired) electrons. The van der Waals surface area contributed by atoms with Gasteiger partial charge in [-0.05, 0) is 18.1 Å². The fourth-order valence-electron chi connectivity index (χ4n) is 2.26. The summed E-state index contributed by atoms with van der Waals surface area (Å²) in [6, 6.07) is 6.56. The third kappa shape index (κ3) is 2.85. The summed E-state index contributed by atoms with van der Waals surface area (Å²) in [5.74, 6) is 2.85. The highest BCUT2D eigenvalue weighted by Gasteiger charge is 2.12. The molecule has 0 aliphatic rings. The predicted molar refractivity (Wildman–Crippen MR) is 88.2 cm³/mol. The van der Waals surface area contributed by atoms with E-state index in [0.29, 0.717) is 33.6 Å². The van der Waals surface area contributed by atoms with Gasteiger partial charge >= 0.3 is 5.97 Å². The van der Waals surface area contributed by atoms with Crippen LogP contribution in [0.4, 0.5) is 5.69 Å². The van der Waals surface area contributed by atoms with Crippen molar-refractivity contribution >= 4 is 22.6 Å². The van der Waals surface area contributed by atoms with E-state index < -0.39 is 5.97 Å². The van der Waals surface area contributed by atoms with E-state index >= 15 is 0 Å². The Morgan fingerprint density at radius 2 is 2.04 bits per heavy atom. The van der Waals surface area contributed by atoms with Gasteiger partial charge in [0.1, 0.15) is 17.5 Å². The molecule has 0 fully saturated rings. The van der Waals surface area contributed by atoms with Crippen molar-refractivity contribution in [3.63, 3.8) is 0 Å². The molecule has 0 spiro atoms.